The van der Waals surface area contributed by atoms with Crippen LogP contribution in [0.5, 0.6) is 5.75 Å². The standard InChI is InChI=1S/C12H15ClF2N2O2/c1-2-5-16-7-11(18)17-8-3-4-10(9(13)6-8)19-12(14)15/h3-4,6,12,16H,2,5,7H2,1H3,(H,17,18). The third-order valence-corrected chi connectivity index (χ3v) is 2.44. The molecule has 19 heavy (non-hydrogen) atoms. The molecule has 0 spiro atoms. The molecule has 0 radical (unpaired) electrons. The number of hydrogen-bond acceptors (Lipinski definition) is 3. The number of anilines is 1. The summed E-state index contributed by atoms with van der Waals surface area (Å²) in [6.07, 6.45) is 0.929. The monoisotopic (exact) mass is 292 g/mol. The van der Waals surface area contributed by atoms with Crippen LogP contribution in [0.4, 0.5) is 14.5 Å². The Hall–Kier alpha value is -1.40. The number of carbonyl (C=O) groups excluding carboxylic acids is 1. The molecule has 2 N–H and O–H groups in total. The van der Waals surface area contributed by atoms with Crippen LogP contribution in [0.1, 0.15) is 13.3 Å². The number of nitrogens with one attached hydrogen (secondary N) is 2. The highest BCUT2D eigenvalue weighted by Gasteiger charge is 2.10. The molecule has 1 aromatic carbocycles. The van der Waals surface area contributed by atoms with Crippen LogP contribution in [0.2, 0.25) is 5.02 Å². The molecule has 0 atom stereocenters. The van der Waals surface area contributed by atoms with Crippen LogP contribution in [0, 0.1) is 0 Å². The lowest BCUT2D eigenvalue weighted by Crippen LogP contribution is -2.28. The zero-order chi connectivity index (χ0) is 14.3. The summed E-state index contributed by atoms with van der Waals surface area (Å²) in [5, 5.41) is 5.55. The van der Waals surface area contributed by atoms with Gasteiger partial charge in [-0.1, -0.05) is 18.5 Å². The lowest BCUT2D eigenvalue weighted by Gasteiger charge is -2.09. The van der Waals surface area contributed by atoms with Crippen LogP contribution in [0.15, 0.2) is 18.2 Å². The maximum Gasteiger partial charge on any atom is 0.387 e. The summed E-state index contributed by atoms with van der Waals surface area (Å²) in [7, 11) is 0. The number of amides is 1. The van der Waals surface area contributed by atoms with Gasteiger partial charge in [-0.2, -0.15) is 8.78 Å². The summed E-state index contributed by atoms with van der Waals surface area (Å²) in [4.78, 5) is 11.5. The van der Waals surface area contributed by atoms with E-state index in [1.807, 2.05) is 6.92 Å². The molecule has 0 saturated heterocycles. The Balaban J connectivity index is 2.55. The van der Waals surface area contributed by atoms with E-state index < -0.39 is 6.61 Å². The molecule has 0 aliphatic rings. The maximum atomic E-state index is 12.0. The van der Waals surface area contributed by atoms with Crippen LogP contribution in [-0.2, 0) is 4.79 Å². The van der Waals surface area contributed by atoms with Crippen molar-refractivity contribution in [2.45, 2.75) is 20.0 Å². The maximum absolute atomic E-state index is 12.0. The van der Waals surface area contributed by atoms with E-state index in [-0.39, 0.29) is 23.2 Å². The Labute approximate surface area is 115 Å². The van der Waals surface area contributed by atoms with Gasteiger partial charge in [-0.25, -0.2) is 0 Å². The smallest absolute Gasteiger partial charge is 0.387 e. The molecule has 106 valence electrons. The first kappa shape index (κ1) is 15.7. The minimum atomic E-state index is -2.93. The second kappa shape index (κ2) is 7.91. The van der Waals surface area contributed by atoms with Crippen molar-refractivity contribution in [1.29, 1.82) is 0 Å². The third kappa shape index (κ3) is 5.85. The second-order valence-electron chi connectivity index (χ2n) is 3.75. The fourth-order valence-electron chi connectivity index (χ4n) is 1.35. The molecule has 1 rings (SSSR count). The van der Waals surface area contributed by atoms with E-state index >= 15 is 0 Å². The fourth-order valence-corrected chi connectivity index (χ4v) is 1.58. The van der Waals surface area contributed by atoms with E-state index in [0.717, 1.165) is 13.0 Å². The Morgan fingerprint density at radius 2 is 2.21 bits per heavy atom. The van der Waals surface area contributed by atoms with E-state index in [0.29, 0.717) is 5.69 Å². The highest BCUT2D eigenvalue weighted by atomic mass is 35.5. The molecule has 0 bridgehead atoms. The van der Waals surface area contributed by atoms with Gasteiger partial charge in [0.05, 0.1) is 11.6 Å². The fraction of sp³-hybridized carbons (Fsp3) is 0.417. The van der Waals surface area contributed by atoms with E-state index in [1.54, 1.807) is 0 Å². The van der Waals surface area contributed by atoms with Crippen molar-refractivity contribution in [3.8, 4) is 5.75 Å². The van der Waals surface area contributed by atoms with Crippen molar-refractivity contribution >= 4 is 23.2 Å². The molecular formula is C12H15ClF2N2O2. The third-order valence-electron chi connectivity index (χ3n) is 2.14. The Morgan fingerprint density at radius 3 is 2.79 bits per heavy atom. The van der Waals surface area contributed by atoms with Crippen LogP contribution in [0.25, 0.3) is 0 Å². The van der Waals surface area contributed by atoms with Gasteiger partial charge in [0.25, 0.3) is 0 Å². The van der Waals surface area contributed by atoms with Crippen molar-refractivity contribution < 1.29 is 18.3 Å². The Kier molecular flexibility index (Phi) is 6.52. The van der Waals surface area contributed by atoms with Gasteiger partial charge in [-0.15, -0.1) is 0 Å². The molecule has 0 unspecified atom stereocenters. The van der Waals surface area contributed by atoms with Crippen molar-refractivity contribution in [2.75, 3.05) is 18.4 Å². The largest absolute Gasteiger partial charge is 0.433 e. The zero-order valence-electron chi connectivity index (χ0n) is 10.4. The number of carbonyl (C=O) groups is 1. The molecule has 0 aliphatic carbocycles. The first-order chi connectivity index (χ1) is 9.02. The van der Waals surface area contributed by atoms with Gasteiger partial charge >= 0.3 is 6.61 Å². The molecule has 7 heteroatoms. The van der Waals surface area contributed by atoms with Gasteiger partial charge in [-0.3, -0.25) is 4.79 Å². The van der Waals surface area contributed by atoms with E-state index in [9.17, 15) is 13.6 Å². The number of hydrogen-bond donors (Lipinski definition) is 2. The lowest BCUT2D eigenvalue weighted by molar-refractivity contribution is -0.115. The zero-order valence-corrected chi connectivity index (χ0v) is 11.1. The number of rotatable bonds is 7. The minimum absolute atomic E-state index is 0.0135. The van der Waals surface area contributed by atoms with Crippen LogP contribution < -0.4 is 15.4 Å². The highest BCUT2D eigenvalue weighted by Crippen LogP contribution is 2.28. The molecule has 1 amide bonds. The normalized spacial score (nSPS) is 10.6. The van der Waals surface area contributed by atoms with Crippen LogP contribution >= 0.6 is 11.6 Å². The number of ether oxygens (including phenoxy) is 1. The SMILES string of the molecule is CCCNCC(=O)Nc1ccc(OC(F)F)c(Cl)c1. The van der Waals surface area contributed by atoms with Crippen molar-refractivity contribution in [3.05, 3.63) is 23.2 Å². The van der Waals surface area contributed by atoms with Gasteiger partial charge in [0.1, 0.15) is 5.75 Å². The summed E-state index contributed by atoms with van der Waals surface area (Å²) in [6.45, 7) is -0.0149. The van der Waals surface area contributed by atoms with E-state index in [2.05, 4.69) is 15.4 Å². The number of halogens is 3. The van der Waals surface area contributed by atoms with Gasteiger partial charge in [0.15, 0.2) is 0 Å². The summed E-state index contributed by atoms with van der Waals surface area (Å²) >= 11 is 5.76. The predicted molar refractivity (Wildman–Crippen MR) is 69.9 cm³/mol. The summed E-state index contributed by atoms with van der Waals surface area (Å²) in [6, 6.07) is 4.09. The molecule has 0 fully saturated rings. The number of benzene rings is 1. The predicted octanol–water partition coefficient (Wildman–Crippen LogP) is 2.88. The van der Waals surface area contributed by atoms with Gasteiger partial charge in [0.2, 0.25) is 5.91 Å². The molecular weight excluding hydrogens is 278 g/mol. The van der Waals surface area contributed by atoms with Gasteiger partial charge < -0.3 is 15.4 Å². The van der Waals surface area contributed by atoms with Crippen molar-refractivity contribution in [1.82, 2.24) is 5.32 Å². The van der Waals surface area contributed by atoms with Crippen LogP contribution in [-0.4, -0.2) is 25.6 Å². The Morgan fingerprint density at radius 1 is 1.47 bits per heavy atom. The first-order valence-corrected chi connectivity index (χ1v) is 6.15. The van der Waals surface area contributed by atoms with E-state index in [1.165, 1.54) is 18.2 Å². The summed E-state index contributed by atoms with van der Waals surface area (Å²) < 4.78 is 28.2. The lowest BCUT2D eigenvalue weighted by atomic mass is 10.3. The molecule has 0 aromatic heterocycles. The minimum Gasteiger partial charge on any atom is -0.433 e. The molecule has 0 aliphatic heterocycles. The van der Waals surface area contributed by atoms with Crippen molar-refractivity contribution in [3.63, 3.8) is 0 Å². The average molecular weight is 293 g/mol. The van der Waals surface area contributed by atoms with Gasteiger partial charge in [0, 0.05) is 5.69 Å². The topological polar surface area (TPSA) is 50.4 Å². The Bertz CT molecular complexity index is 430. The molecule has 1 aromatic rings. The summed E-state index contributed by atoms with van der Waals surface area (Å²) in [5.74, 6) is -0.356. The van der Waals surface area contributed by atoms with Crippen LogP contribution in [0.3, 0.4) is 0 Å². The second-order valence-corrected chi connectivity index (χ2v) is 4.16. The summed E-state index contributed by atoms with van der Waals surface area (Å²) in [5.41, 5.74) is 0.426. The quantitative estimate of drug-likeness (QED) is 0.760. The molecule has 4 nitrogen and oxygen atoms in total. The van der Waals surface area contributed by atoms with E-state index in [4.69, 9.17) is 11.6 Å². The first-order valence-electron chi connectivity index (χ1n) is 5.78. The molecule has 0 saturated carbocycles. The number of alkyl halides is 2. The average Bonchev–Trinajstić information content (AvgIpc) is 2.32. The molecule has 0 heterocycles. The highest BCUT2D eigenvalue weighted by molar-refractivity contribution is 6.32. The van der Waals surface area contributed by atoms with Gasteiger partial charge in [-0.05, 0) is 31.2 Å². The van der Waals surface area contributed by atoms with Crippen molar-refractivity contribution in [2.24, 2.45) is 0 Å².